The van der Waals surface area contributed by atoms with Gasteiger partial charge in [0, 0.05) is 112 Å². The summed E-state index contributed by atoms with van der Waals surface area (Å²) in [5, 5.41) is 9.25. The summed E-state index contributed by atoms with van der Waals surface area (Å²) in [5.74, 6) is 3.42. The number of imidazole rings is 4. The average Bonchev–Trinajstić information content (AvgIpc) is 1.69. The van der Waals surface area contributed by atoms with Crippen molar-refractivity contribution in [2.75, 3.05) is 27.3 Å². The van der Waals surface area contributed by atoms with Gasteiger partial charge in [-0.2, -0.15) is 9.90 Å². The van der Waals surface area contributed by atoms with Crippen LogP contribution in [-0.4, -0.2) is 113 Å². The normalized spacial score (nSPS) is 11.7. The first-order chi connectivity index (χ1) is 46.3. The zero-order valence-electron chi connectivity index (χ0n) is 50.6. The third kappa shape index (κ3) is 19.8. The van der Waals surface area contributed by atoms with E-state index in [-0.39, 0.29) is 71.9 Å². The van der Waals surface area contributed by atoms with E-state index in [0.717, 1.165) is 52.3 Å². The van der Waals surface area contributed by atoms with E-state index in [0.29, 0.717) is 75.2 Å². The molecule has 9 aromatic heterocycles. The number of nitrogens with one attached hydrogen (secondary N) is 2. The maximum absolute atomic E-state index is 13.2. The highest BCUT2D eigenvalue weighted by molar-refractivity contribution is 9.69. The number of hydrogen-bond acceptors (Lipinski definition) is 15. The standard InChI is InChI=1S/C21H18FN5O2.C14H11ClFN3O.C14H12FN3O2.C13H9ClFN3O.BBr3.Cl2OS.H3P/c22-15-3-1-14(2-4-15)20-24-9-19-21(28)25-16(11-27(19)20)10-26-12-18(13-26)29-17-5-7-23-8-6-17;1-20-14-12-7-17-13(9-2-4-10(16)5-3-9)19(12)8-11(6-15)18-14;1-20-14-12-6-16-13(9-2-4-10(15)5-3-9)18(12)7-11(8-19)17-14;14-5-10-7-18-11(13(19)17-10)6-16-12(18)8-1-3-9(15)4-2-8;2-1(3)4;1-4(2)3;/h1-9,11,18H,10,12-13H2,(H,25,28);2-5,7-8H,6H2,1H3;2-7,19H,8H2,1H3;1-4,6-7H,5H2,(H,17,19);;;1H3. The summed E-state index contributed by atoms with van der Waals surface area (Å²) < 4.78 is 84.9. The molecule has 1 aliphatic heterocycles. The molecule has 3 N–H and O–H groups in total. The van der Waals surface area contributed by atoms with Crippen LogP contribution in [0.3, 0.4) is 0 Å². The van der Waals surface area contributed by atoms with Crippen molar-refractivity contribution in [2.24, 2.45) is 0 Å². The number of rotatable bonds is 13. The van der Waals surface area contributed by atoms with E-state index in [1.165, 1.54) is 68.0 Å². The van der Waals surface area contributed by atoms with Crippen LogP contribution in [0.4, 0.5) is 17.6 Å². The number of likely N-dealkylation sites (tertiary alicyclic amines) is 1. The van der Waals surface area contributed by atoms with Crippen LogP contribution >= 0.6 is 102 Å². The van der Waals surface area contributed by atoms with Gasteiger partial charge in [-0.1, -0.05) is 0 Å². The molecule has 1 unspecified atom stereocenters. The van der Waals surface area contributed by atoms with Gasteiger partial charge in [0.25, 0.3) is 11.1 Å². The molecule has 504 valence electrons. The minimum Gasteiger partial charge on any atom is -0.488 e. The Hall–Kier alpha value is -7.61. The SMILES string of the molecule is BrB(Br)Br.COc1nc(CCl)cn2c(-c3ccc(F)cc3)ncc12.COc1nc(CO)cn2c(-c3ccc(F)cc3)ncc12.O=S(Cl)Cl.O=c1[nH]c(CCl)cn2c(-c3ccc(F)cc3)ncc12.O=c1[nH]c(CN2CC(Oc3ccncc3)C2)cn2c(-c3ccc(F)cc3)ncc12.P. The first-order valence-corrected chi connectivity index (χ1v) is 34.6. The number of aliphatic hydroxyl groups is 1. The van der Waals surface area contributed by atoms with E-state index in [9.17, 15) is 32.3 Å². The number of aromatic nitrogens is 13. The molecule has 21 nitrogen and oxygen atoms in total. The van der Waals surface area contributed by atoms with E-state index < -0.39 is 9.23 Å². The molecule has 0 aliphatic carbocycles. The number of aliphatic hydroxyl groups excluding tert-OH is 1. The highest BCUT2D eigenvalue weighted by Crippen LogP contribution is 2.29. The van der Waals surface area contributed by atoms with Crippen molar-refractivity contribution in [3.8, 4) is 63.1 Å². The predicted octanol–water partition coefficient (Wildman–Crippen LogP) is 13.6. The second-order valence-corrected chi connectivity index (χ2v) is 29.5. The summed E-state index contributed by atoms with van der Waals surface area (Å²) in [6, 6.07) is 27.9. The van der Waals surface area contributed by atoms with Crippen molar-refractivity contribution in [3.63, 3.8) is 0 Å². The van der Waals surface area contributed by atoms with E-state index in [1.54, 1.807) is 112 Å². The lowest BCUT2D eigenvalue weighted by atomic mass is 10.1. The number of H-pyrrole nitrogens is 2. The lowest BCUT2D eigenvalue weighted by molar-refractivity contribution is 0.0137. The first kappa shape index (κ1) is 75.2. The van der Waals surface area contributed by atoms with Crippen LogP contribution in [0, 0.1) is 23.3 Å². The molecular formula is C62H53BBr3Cl4F4N14O7PS. The van der Waals surface area contributed by atoms with E-state index in [2.05, 4.69) is 118 Å². The van der Waals surface area contributed by atoms with Crippen LogP contribution in [0.25, 0.3) is 67.6 Å². The minimum atomic E-state index is -1.67. The molecule has 1 fully saturated rings. The fourth-order valence-electron chi connectivity index (χ4n) is 9.56. The highest BCUT2D eigenvalue weighted by Gasteiger charge is 2.29. The van der Waals surface area contributed by atoms with Gasteiger partial charge in [-0.25, -0.2) is 51.7 Å². The molecule has 1 aliphatic rings. The summed E-state index contributed by atoms with van der Waals surface area (Å²) in [7, 11) is 10.4. The zero-order valence-corrected chi connectivity index (χ0v) is 60.6. The van der Waals surface area contributed by atoms with Crippen LogP contribution < -0.4 is 25.3 Å². The number of methoxy groups -OCH3 is 2. The van der Waals surface area contributed by atoms with Crippen molar-refractivity contribution in [1.82, 2.24) is 67.4 Å². The maximum atomic E-state index is 13.2. The van der Waals surface area contributed by atoms with Crippen molar-refractivity contribution >= 4 is 136 Å². The van der Waals surface area contributed by atoms with Crippen LogP contribution in [0.2, 0.25) is 0 Å². The Bertz CT molecular complexity index is 4760. The fourth-order valence-corrected chi connectivity index (χ4v) is 9.83. The van der Waals surface area contributed by atoms with Crippen molar-refractivity contribution < 1.29 is 41.1 Å². The molecule has 97 heavy (non-hydrogen) atoms. The topological polar surface area (TPSA) is 242 Å². The molecule has 35 heteroatoms. The number of ether oxygens (including phenoxy) is 3. The summed E-state index contributed by atoms with van der Waals surface area (Å²) >= 11 is 20.9. The Morgan fingerprint density at radius 3 is 1.26 bits per heavy atom. The predicted molar refractivity (Wildman–Crippen MR) is 385 cm³/mol. The molecule has 0 amide bonds. The molecule has 0 spiro atoms. The maximum Gasteiger partial charge on any atom is 0.369 e. The number of alkyl halides is 2. The van der Waals surface area contributed by atoms with Crippen molar-refractivity contribution in [2.45, 2.75) is 31.0 Å². The molecule has 10 heterocycles. The second-order valence-electron chi connectivity index (χ2n) is 20.0. The molecule has 0 bridgehead atoms. The third-order valence-electron chi connectivity index (χ3n) is 13.8. The van der Waals surface area contributed by atoms with Gasteiger partial charge in [0.15, 0.2) is 0 Å². The quantitative estimate of drug-likeness (QED) is 0.0320. The van der Waals surface area contributed by atoms with Gasteiger partial charge in [-0.3, -0.25) is 37.1 Å². The van der Waals surface area contributed by atoms with Crippen LogP contribution in [-0.2, 0) is 34.1 Å². The number of aromatic amines is 2. The van der Waals surface area contributed by atoms with Gasteiger partial charge in [0.1, 0.15) is 80.5 Å². The average molecular weight is 1640 g/mol. The highest BCUT2D eigenvalue weighted by atomic mass is 79.9. The molecular weight excluding hydrogens is 1580 g/mol. The largest absolute Gasteiger partial charge is 0.488 e. The number of benzene rings is 4. The summed E-state index contributed by atoms with van der Waals surface area (Å²) in [6.45, 7) is 1.95. The van der Waals surface area contributed by atoms with Crippen LogP contribution in [0.5, 0.6) is 17.5 Å². The fraction of sp³-hybridized carbons (Fsp3) is 0.145. The molecule has 13 aromatic rings. The Kier molecular flexibility index (Phi) is 27.7. The van der Waals surface area contributed by atoms with Gasteiger partial charge in [-0.15, -0.1) is 70.5 Å². The second kappa shape index (κ2) is 35.8. The molecule has 14 rings (SSSR count). The van der Waals surface area contributed by atoms with Crippen LogP contribution in [0.1, 0.15) is 22.8 Å². The van der Waals surface area contributed by atoms with Gasteiger partial charge in [0.2, 0.25) is 21.0 Å². The molecule has 1 saturated heterocycles. The number of hydrogen-bond donors (Lipinski definition) is 3. The number of halogens is 11. The van der Waals surface area contributed by atoms with Gasteiger partial charge >= 0.3 is 3.18 Å². The molecule has 0 radical (unpaired) electrons. The Morgan fingerprint density at radius 1 is 0.557 bits per heavy atom. The van der Waals surface area contributed by atoms with E-state index >= 15 is 0 Å². The smallest absolute Gasteiger partial charge is 0.369 e. The number of nitrogens with zero attached hydrogens (tertiary/aromatic N) is 12. The lowest BCUT2D eigenvalue weighted by Crippen LogP contribution is -2.53. The monoisotopic (exact) mass is 1630 g/mol. The molecule has 1 atom stereocenters. The summed E-state index contributed by atoms with van der Waals surface area (Å²) in [5.41, 5.74) is 7.43. The van der Waals surface area contributed by atoms with Crippen molar-refractivity contribution in [3.05, 3.63) is 238 Å². The van der Waals surface area contributed by atoms with Crippen molar-refractivity contribution in [1.29, 1.82) is 0 Å². The number of fused-ring (bicyclic) bond motifs is 4. The summed E-state index contributed by atoms with van der Waals surface area (Å²) in [4.78, 5) is 61.7. The van der Waals surface area contributed by atoms with E-state index in [4.69, 9.17) is 41.6 Å². The Labute approximate surface area is 599 Å². The Balaban J connectivity index is 0.000000161. The number of pyridine rings is 1. The minimum absolute atomic E-state index is 0. The first-order valence-electron chi connectivity index (χ1n) is 28.0. The Morgan fingerprint density at radius 2 is 0.897 bits per heavy atom. The van der Waals surface area contributed by atoms with E-state index in [1.807, 2.05) is 22.7 Å². The third-order valence-corrected chi connectivity index (χ3v) is 14.3. The molecule has 4 aromatic carbocycles. The summed E-state index contributed by atoms with van der Waals surface area (Å²) in [6.07, 6.45) is 16.9. The zero-order chi connectivity index (χ0) is 68.6. The lowest BCUT2D eigenvalue weighted by Gasteiger charge is -2.38. The van der Waals surface area contributed by atoms with Gasteiger partial charge < -0.3 is 29.3 Å². The van der Waals surface area contributed by atoms with Crippen LogP contribution in [0.15, 0.2) is 181 Å². The molecule has 0 saturated carbocycles. The van der Waals surface area contributed by atoms with Gasteiger partial charge in [-0.05, 0) is 109 Å². The van der Waals surface area contributed by atoms with Gasteiger partial charge in [0.05, 0.1) is 68.8 Å².